The number of likely N-dealkylation sites (tertiary alicyclic amines) is 1. The summed E-state index contributed by atoms with van der Waals surface area (Å²) >= 11 is 0. The van der Waals surface area contributed by atoms with Gasteiger partial charge in [0, 0.05) is 36.0 Å². The molecule has 4 rings (SSSR count). The summed E-state index contributed by atoms with van der Waals surface area (Å²) in [5, 5.41) is 4.56. The van der Waals surface area contributed by atoms with Gasteiger partial charge in [-0.2, -0.15) is 5.10 Å². The molecule has 0 bridgehead atoms. The van der Waals surface area contributed by atoms with Crippen molar-refractivity contribution in [1.29, 1.82) is 0 Å². The molecule has 2 aromatic rings. The van der Waals surface area contributed by atoms with E-state index in [1.54, 1.807) is 0 Å². The number of hydrogen-bond acceptors (Lipinski definition) is 3. The molecule has 126 valence electrons. The third-order valence-corrected chi connectivity index (χ3v) is 6.15. The normalized spacial score (nSPS) is 19.6. The molecule has 2 aliphatic rings. The Morgan fingerprint density at radius 1 is 1.08 bits per heavy atom. The van der Waals surface area contributed by atoms with Crippen LogP contribution in [-0.2, 0) is 19.0 Å². The van der Waals surface area contributed by atoms with E-state index in [9.17, 15) is 0 Å². The molecule has 1 aromatic heterocycles. The molecule has 0 atom stereocenters. The fraction of sp³-hybridized carbons (Fsp3) is 0.500. The molecule has 0 amide bonds. The highest BCUT2D eigenvalue weighted by Gasteiger charge is 2.43. The number of nitrogens with zero attached hydrogens (tertiary/aromatic N) is 4. The standard InChI is InChI=1S/C20H26N4/c1-14-17(15(2)23(4)22-14)13-24-11-9-20(10-12-24)16(3)21-19-8-6-5-7-18(19)20/h5-8H,9-13H2,1-4H3. The van der Waals surface area contributed by atoms with Crippen molar-refractivity contribution in [2.45, 2.75) is 45.6 Å². The van der Waals surface area contributed by atoms with E-state index in [0.29, 0.717) is 0 Å². The van der Waals surface area contributed by atoms with Gasteiger partial charge in [0.25, 0.3) is 0 Å². The number of para-hydroxylation sites is 1. The zero-order valence-corrected chi connectivity index (χ0v) is 15.1. The second kappa shape index (κ2) is 5.55. The van der Waals surface area contributed by atoms with Crippen molar-refractivity contribution in [1.82, 2.24) is 14.7 Å². The molecule has 3 heterocycles. The van der Waals surface area contributed by atoms with Crippen LogP contribution in [0.3, 0.4) is 0 Å². The highest BCUT2D eigenvalue weighted by molar-refractivity contribution is 6.00. The van der Waals surface area contributed by atoms with Gasteiger partial charge in [-0.15, -0.1) is 0 Å². The average molecular weight is 322 g/mol. The topological polar surface area (TPSA) is 33.4 Å². The van der Waals surface area contributed by atoms with Crippen LogP contribution in [0, 0.1) is 13.8 Å². The van der Waals surface area contributed by atoms with Crippen molar-refractivity contribution in [2.75, 3.05) is 13.1 Å². The highest BCUT2D eigenvalue weighted by atomic mass is 15.3. The molecule has 0 N–H and O–H groups in total. The minimum absolute atomic E-state index is 0.173. The van der Waals surface area contributed by atoms with Gasteiger partial charge in [0.05, 0.1) is 11.4 Å². The summed E-state index contributed by atoms with van der Waals surface area (Å²) < 4.78 is 2.00. The van der Waals surface area contributed by atoms with E-state index >= 15 is 0 Å². The van der Waals surface area contributed by atoms with Gasteiger partial charge in [-0.3, -0.25) is 14.6 Å². The zero-order chi connectivity index (χ0) is 16.9. The van der Waals surface area contributed by atoms with E-state index in [-0.39, 0.29) is 5.41 Å². The Hall–Kier alpha value is -1.94. The Balaban J connectivity index is 1.53. The Kier molecular flexibility index (Phi) is 3.61. The van der Waals surface area contributed by atoms with Gasteiger partial charge in [-0.25, -0.2) is 0 Å². The van der Waals surface area contributed by atoms with E-state index in [1.807, 2.05) is 11.7 Å². The summed E-state index contributed by atoms with van der Waals surface area (Å²) in [6.45, 7) is 9.76. The lowest BCUT2D eigenvalue weighted by atomic mass is 9.71. The first-order valence-corrected chi connectivity index (χ1v) is 8.88. The van der Waals surface area contributed by atoms with E-state index in [0.717, 1.165) is 32.5 Å². The fourth-order valence-corrected chi connectivity index (χ4v) is 4.45. The van der Waals surface area contributed by atoms with Crippen LogP contribution in [0.5, 0.6) is 0 Å². The number of benzene rings is 1. The van der Waals surface area contributed by atoms with Crippen LogP contribution in [0.2, 0.25) is 0 Å². The van der Waals surface area contributed by atoms with Crippen LogP contribution in [0.15, 0.2) is 29.3 Å². The Bertz CT molecular complexity index is 807. The number of aryl methyl sites for hydroxylation is 2. The maximum atomic E-state index is 4.85. The minimum atomic E-state index is 0.173. The fourth-order valence-electron chi connectivity index (χ4n) is 4.45. The van der Waals surface area contributed by atoms with E-state index < -0.39 is 0 Å². The van der Waals surface area contributed by atoms with Crippen molar-refractivity contribution in [3.63, 3.8) is 0 Å². The number of fused-ring (bicyclic) bond motifs is 2. The molecule has 0 aliphatic carbocycles. The number of rotatable bonds is 2. The van der Waals surface area contributed by atoms with Crippen LogP contribution in [0.1, 0.15) is 42.3 Å². The average Bonchev–Trinajstić information content (AvgIpc) is 2.98. The van der Waals surface area contributed by atoms with Gasteiger partial charge in [0.2, 0.25) is 0 Å². The largest absolute Gasteiger partial charge is 0.299 e. The van der Waals surface area contributed by atoms with Crippen molar-refractivity contribution < 1.29 is 0 Å². The lowest BCUT2D eigenvalue weighted by Crippen LogP contribution is -2.45. The molecule has 1 spiro atoms. The third-order valence-electron chi connectivity index (χ3n) is 6.15. The van der Waals surface area contributed by atoms with Gasteiger partial charge in [0.1, 0.15) is 0 Å². The molecule has 1 saturated heterocycles. The first kappa shape index (κ1) is 15.6. The molecule has 1 fully saturated rings. The summed E-state index contributed by atoms with van der Waals surface area (Å²) in [7, 11) is 2.03. The predicted molar refractivity (Wildman–Crippen MR) is 98.1 cm³/mol. The van der Waals surface area contributed by atoms with E-state index in [4.69, 9.17) is 4.99 Å². The van der Waals surface area contributed by atoms with Crippen LogP contribution in [0.25, 0.3) is 0 Å². The van der Waals surface area contributed by atoms with Crippen molar-refractivity contribution in [2.24, 2.45) is 12.0 Å². The van der Waals surface area contributed by atoms with Gasteiger partial charge < -0.3 is 0 Å². The number of hydrogen-bond donors (Lipinski definition) is 0. The molecule has 0 unspecified atom stereocenters. The van der Waals surface area contributed by atoms with Gasteiger partial charge >= 0.3 is 0 Å². The van der Waals surface area contributed by atoms with Crippen molar-refractivity contribution >= 4 is 11.4 Å². The zero-order valence-electron chi connectivity index (χ0n) is 15.1. The molecule has 4 heteroatoms. The smallest absolute Gasteiger partial charge is 0.0670 e. The first-order valence-electron chi connectivity index (χ1n) is 8.88. The molecule has 1 aromatic carbocycles. The summed E-state index contributed by atoms with van der Waals surface area (Å²) in [6.07, 6.45) is 2.33. The second-order valence-corrected chi connectivity index (χ2v) is 7.35. The van der Waals surface area contributed by atoms with Crippen LogP contribution in [0.4, 0.5) is 5.69 Å². The van der Waals surface area contributed by atoms with Gasteiger partial charge in [-0.05, 0) is 58.3 Å². The molecule has 2 aliphatic heterocycles. The van der Waals surface area contributed by atoms with Crippen LogP contribution < -0.4 is 0 Å². The SMILES string of the molecule is CC1=Nc2ccccc2C12CCN(Cc1c(C)nn(C)c1C)CC2. The Labute approximate surface area is 144 Å². The molecule has 0 radical (unpaired) electrons. The third kappa shape index (κ3) is 2.24. The lowest BCUT2D eigenvalue weighted by molar-refractivity contribution is 0.184. The number of aliphatic imine (C=N–C) groups is 1. The number of piperidine rings is 1. The van der Waals surface area contributed by atoms with Crippen LogP contribution >= 0.6 is 0 Å². The van der Waals surface area contributed by atoms with E-state index in [1.165, 1.54) is 33.9 Å². The second-order valence-electron chi connectivity index (χ2n) is 7.35. The number of aromatic nitrogens is 2. The molecule has 0 saturated carbocycles. The molecular formula is C20H26N4. The maximum Gasteiger partial charge on any atom is 0.0670 e. The molecular weight excluding hydrogens is 296 g/mol. The quantitative estimate of drug-likeness (QED) is 0.845. The highest BCUT2D eigenvalue weighted by Crippen LogP contribution is 2.46. The predicted octanol–water partition coefficient (Wildman–Crippen LogP) is 3.68. The van der Waals surface area contributed by atoms with Crippen molar-refractivity contribution in [3.8, 4) is 0 Å². The Morgan fingerprint density at radius 2 is 1.79 bits per heavy atom. The van der Waals surface area contributed by atoms with E-state index in [2.05, 4.69) is 55.0 Å². The first-order chi connectivity index (χ1) is 11.5. The summed E-state index contributed by atoms with van der Waals surface area (Å²) in [5.41, 5.74) is 7.95. The molecule has 4 nitrogen and oxygen atoms in total. The van der Waals surface area contributed by atoms with Crippen molar-refractivity contribution in [3.05, 3.63) is 46.8 Å². The summed E-state index contributed by atoms with van der Waals surface area (Å²) in [5.74, 6) is 0. The minimum Gasteiger partial charge on any atom is -0.299 e. The van der Waals surface area contributed by atoms with Crippen LogP contribution in [-0.4, -0.2) is 33.5 Å². The molecule has 24 heavy (non-hydrogen) atoms. The maximum absolute atomic E-state index is 4.85. The van der Waals surface area contributed by atoms with Gasteiger partial charge in [0.15, 0.2) is 0 Å². The summed E-state index contributed by atoms with van der Waals surface area (Å²) in [6, 6.07) is 8.68. The van der Waals surface area contributed by atoms with Gasteiger partial charge in [-0.1, -0.05) is 18.2 Å². The lowest BCUT2D eigenvalue weighted by Gasteiger charge is -2.40. The Morgan fingerprint density at radius 3 is 2.46 bits per heavy atom. The monoisotopic (exact) mass is 322 g/mol. The summed E-state index contributed by atoms with van der Waals surface area (Å²) in [4.78, 5) is 7.43.